The monoisotopic (exact) mass is 244 g/mol. The Balaban J connectivity index is 2.06. The summed E-state index contributed by atoms with van der Waals surface area (Å²) in [5, 5.41) is 3.88. The molecule has 4 heteroatoms. The number of fused-ring (bicyclic) bond motifs is 1. The van der Waals surface area contributed by atoms with Crippen LogP contribution in [0.3, 0.4) is 0 Å². The van der Waals surface area contributed by atoms with E-state index in [1.54, 1.807) is 17.5 Å². The molecule has 0 saturated carbocycles. The molecule has 0 saturated heterocycles. The van der Waals surface area contributed by atoms with E-state index in [0.717, 1.165) is 21.7 Å². The van der Waals surface area contributed by atoms with E-state index in [0.29, 0.717) is 0 Å². The highest BCUT2D eigenvalue weighted by Gasteiger charge is 2.16. The number of benzene rings is 1. The molecule has 1 aromatic carbocycles. The minimum Gasteiger partial charge on any atom is -0.459 e. The molecule has 0 amide bonds. The van der Waals surface area contributed by atoms with Crippen molar-refractivity contribution in [1.82, 2.24) is 4.98 Å². The molecule has 0 radical (unpaired) electrons. The number of thiazole rings is 1. The van der Waals surface area contributed by atoms with Crippen LogP contribution >= 0.6 is 11.3 Å². The molecule has 3 aromatic rings. The molecule has 0 fully saturated rings. The Hall–Kier alpha value is -1.65. The van der Waals surface area contributed by atoms with Crippen molar-refractivity contribution in [2.45, 2.75) is 13.0 Å². The lowest BCUT2D eigenvalue weighted by Crippen LogP contribution is -2.10. The molecule has 1 unspecified atom stereocenters. The van der Waals surface area contributed by atoms with Crippen LogP contribution in [0.4, 0.5) is 0 Å². The van der Waals surface area contributed by atoms with Crippen molar-refractivity contribution in [2.24, 2.45) is 5.73 Å². The maximum atomic E-state index is 6.12. The van der Waals surface area contributed by atoms with E-state index in [1.807, 2.05) is 23.6 Å². The number of nitrogens with zero attached hydrogens (tertiary/aromatic N) is 1. The summed E-state index contributed by atoms with van der Waals surface area (Å²) in [6.07, 6.45) is 1.76. The smallest absolute Gasteiger partial charge is 0.134 e. The number of aromatic nitrogens is 1. The van der Waals surface area contributed by atoms with E-state index < -0.39 is 0 Å². The quantitative estimate of drug-likeness (QED) is 0.752. The van der Waals surface area contributed by atoms with Crippen molar-refractivity contribution in [2.75, 3.05) is 0 Å². The fourth-order valence-corrected chi connectivity index (χ4v) is 2.49. The van der Waals surface area contributed by atoms with Crippen molar-refractivity contribution in [3.63, 3.8) is 0 Å². The Morgan fingerprint density at radius 3 is 3.00 bits per heavy atom. The van der Waals surface area contributed by atoms with E-state index in [9.17, 15) is 0 Å². The molecule has 17 heavy (non-hydrogen) atoms. The van der Waals surface area contributed by atoms with Crippen LogP contribution in [0.25, 0.3) is 11.0 Å². The first kappa shape index (κ1) is 10.5. The number of nitrogens with two attached hydrogens (primary N) is 1. The lowest BCUT2D eigenvalue weighted by molar-refractivity contribution is 0.524. The SMILES string of the molecule is Cc1ccc2oc(C(N)c3nccs3)cc2c1. The van der Waals surface area contributed by atoms with Gasteiger partial charge in [0, 0.05) is 17.0 Å². The van der Waals surface area contributed by atoms with E-state index in [1.165, 1.54) is 5.56 Å². The van der Waals surface area contributed by atoms with Crippen molar-refractivity contribution < 1.29 is 4.42 Å². The van der Waals surface area contributed by atoms with Gasteiger partial charge in [0.2, 0.25) is 0 Å². The van der Waals surface area contributed by atoms with Gasteiger partial charge < -0.3 is 10.2 Å². The predicted molar refractivity (Wildman–Crippen MR) is 69.1 cm³/mol. The maximum Gasteiger partial charge on any atom is 0.134 e. The number of hydrogen-bond donors (Lipinski definition) is 1. The molecule has 0 bridgehead atoms. The van der Waals surface area contributed by atoms with Crippen molar-refractivity contribution >= 4 is 22.3 Å². The molecule has 0 aliphatic heterocycles. The van der Waals surface area contributed by atoms with E-state index >= 15 is 0 Å². The summed E-state index contributed by atoms with van der Waals surface area (Å²) < 4.78 is 5.75. The average Bonchev–Trinajstić information content (AvgIpc) is 2.96. The first-order valence-corrected chi connectivity index (χ1v) is 6.27. The number of aryl methyl sites for hydroxylation is 1. The normalized spacial score (nSPS) is 13.1. The van der Waals surface area contributed by atoms with E-state index in [4.69, 9.17) is 10.2 Å². The van der Waals surface area contributed by atoms with Gasteiger partial charge in [-0.05, 0) is 25.1 Å². The molecule has 3 nitrogen and oxygen atoms in total. The third-order valence-corrected chi connectivity index (χ3v) is 3.57. The second-order valence-corrected chi connectivity index (χ2v) is 4.96. The second kappa shape index (κ2) is 3.98. The lowest BCUT2D eigenvalue weighted by atomic mass is 10.1. The minimum absolute atomic E-state index is 0.275. The standard InChI is InChI=1S/C13H12N2OS/c1-8-2-3-10-9(6-8)7-11(16-10)12(14)13-15-4-5-17-13/h2-7,12H,14H2,1H3. The Bertz CT molecular complexity index is 643. The summed E-state index contributed by atoms with van der Waals surface area (Å²) in [4.78, 5) is 4.21. The third-order valence-electron chi connectivity index (χ3n) is 2.71. The zero-order chi connectivity index (χ0) is 11.8. The highest BCUT2D eigenvalue weighted by molar-refractivity contribution is 7.09. The van der Waals surface area contributed by atoms with Crippen LogP contribution in [0.1, 0.15) is 22.4 Å². The highest BCUT2D eigenvalue weighted by atomic mass is 32.1. The molecular weight excluding hydrogens is 232 g/mol. The number of furan rings is 1. The molecule has 0 spiro atoms. The molecule has 2 aromatic heterocycles. The minimum atomic E-state index is -0.275. The average molecular weight is 244 g/mol. The van der Waals surface area contributed by atoms with Crippen LogP contribution in [-0.2, 0) is 0 Å². The molecule has 3 rings (SSSR count). The lowest BCUT2D eigenvalue weighted by Gasteiger charge is -2.03. The van der Waals surface area contributed by atoms with Gasteiger partial charge in [0.25, 0.3) is 0 Å². The summed E-state index contributed by atoms with van der Waals surface area (Å²) >= 11 is 1.54. The first-order valence-electron chi connectivity index (χ1n) is 5.39. The zero-order valence-electron chi connectivity index (χ0n) is 9.38. The maximum absolute atomic E-state index is 6.12. The molecular formula is C13H12N2OS. The first-order chi connectivity index (χ1) is 8.24. The summed E-state index contributed by atoms with van der Waals surface area (Å²) in [6, 6.07) is 7.82. The summed E-state index contributed by atoms with van der Waals surface area (Å²) in [6.45, 7) is 2.06. The summed E-state index contributed by atoms with van der Waals surface area (Å²) in [7, 11) is 0. The number of hydrogen-bond acceptors (Lipinski definition) is 4. The van der Waals surface area contributed by atoms with Gasteiger partial charge in [0.05, 0.1) is 0 Å². The number of rotatable bonds is 2. The molecule has 2 N–H and O–H groups in total. The van der Waals surface area contributed by atoms with Crippen LogP contribution in [0.15, 0.2) is 40.3 Å². The molecule has 0 aliphatic rings. The van der Waals surface area contributed by atoms with Gasteiger partial charge in [0.15, 0.2) is 0 Å². The Morgan fingerprint density at radius 1 is 1.35 bits per heavy atom. The van der Waals surface area contributed by atoms with Crippen molar-refractivity contribution in [1.29, 1.82) is 0 Å². The zero-order valence-corrected chi connectivity index (χ0v) is 10.2. The molecule has 2 heterocycles. The molecule has 0 aliphatic carbocycles. The van der Waals surface area contributed by atoms with Gasteiger partial charge in [0.1, 0.15) is 22.4 Å². The van der Waals surface area contributed by atoms with Crippen molar-refractivity contribution in [3.8, 4) is 0 Å². The van der Waals surface area contributed by atoms with Gasteiger partial charge in [-0.25, -0.2) is 4.98 Å². The molecule has 86 valence electrons. The Labute approximate surface area is 103 Å². The fourth-order valence-electron chi connectivity index (χ4n) is 1.85. The third kappa shape index (κ3) is 1.85. The topological polar surface area (TPSA) is 52.0 Å². The van der Waals surface area contributed by atoms with E-state index in [2.05, 4.69) is 18.0 Å². The van der Waals surface area contributed by atoms with Gasteiger partial charge in [-0.1, -0.05) is 11.6 Å². The van der Waals surface area contributed by atoms with Gasteiger partial charge >= 0.3 is 0 Å². The largest absolute Gasteiger partial charge is 0.459 e. The summed E-state index contributed by atoms with van der Waals surface area (Å²) in [5.74, 6) is 0.764. The Morgan fingerprint density at radius 2 is 2.24 bits per heavy atom. The van der Waals surface area contributed by atoms with Crippen LogP contribution in [0, 0.1) is 6.92 Å². The predicted octanol–water partition coefficient (Wildman–Crippen LogP) is 3.25. The van der Waals surface area contributed by atoms with Gasteiger partial charge in [-0.2, -0.15) is 0 Å². The summed E-state index contributed by atoms with van der Waals surface area (Å²) in [5.41, 5.74) is 8.21. The van der Waals surface area contributed by atoms with Crippen LogP contribution in [0.2, 0.25) is 0 Å². The Kier molecular flexibility index (Phi) is 2.46. The van der Waals surface area contributed by atoms with Crippen LogP contribution in [0.5, 0.6) is 0 Å². The van der Waals surface area contributed by atoms with Gasteiger partial charge in [-0.15, -0.1) is 11.3 Å². The van der Waals surface area contributed by atoms with Gasteiger partial charge in [-0.3, -0.25) is 0 Å². The van der Waals surface area contributed by atoms with Crippen LogP contribution < -0.4 is 5.73 Å². The molecule has 1 atom stereocenters. The second-order valence-electron chi connectivity index (χ2n) is 4.04. The fraction of sp³-hybridized carbons (Fsp3) is 0.154. The van der Waals surface area contributed by atoms with Crippen LogP contribution in [-0.4, -0.2) is 4.98 Å². The van der Waals surface area contributed by atoms with Crippen molar-refractivity contribution in [3.05, 3.63) is 52.2 Å². The van der Waals surface area contributed by atoms with E-state index in [-0.39, 0.29) is 6.04 Å². The highest BCUT2D eigenvalue weighted by Crippen LogP contribution is 2.28.